The lowest BCUT2D eigenvalue weighted by Gasteiger charge is -2.19. The van der Waals surface area contributed by atoms with Crippen LogP contribution in [0.5, 0.6) is 5.75 Å². The summed E-state index contributed by atoms with van der Waals surface area (Å²) in [6.07, 6.45) is 0. The number of aromatic hydroxyl groups is 1. The maximum absolute atomic E-state index is 11.6. The van der Waals surface area contributed by atoms with Crippen molar-refractivity contribution in [3.8, 4) is 5.75 Å². The molecule has 1 aromatic carbocycles. The number of anilines is 1. The van der Waals surface area contributed by atoms with Crippen molar-refractivity contribution in [2.75, 3.05) is 11.9 Å². The van der Waals surface area contributed by atoms with Gasteiger partial charge in [-0.05, 0) is 12.1 Å². The molecule has 1 aromatic rings. The molecule has 0 aliphatic heterocycles. The monoisotopic (exact) mass is 193 g/mol. The average Bonchev–Trinajstić information content (AvgIpc) is 2.15. The Hall–Kier alpha value is -1.51. The van der Waals surface area contributed by atoms with E-state index < -0.39 is 0 Å². The Bertz CT molecular complexity index is 334. The molecule has 0 fully saturated rings. The van der Waals surface area contributed by atoms with Gasteiger partial charge in [0.25, 0.3) is 0 Å². The van der Waals surface area contributed by atoms with E-state index in [9.17, 15) is 9.90 Å². The van der Waals surface area contributed by atoms with Crippen molar-refractivity contribution in [1.82, 2.24) is 0 Å². The number of hydrogen-bond donors (Lipinski definition) is 1. The first-order chi connectivity index (χ1) is 6.52. The van der Waals surface area contributed by atoms with E-state index in [-0.39, 0.29) is 17.6 Å². The summed E-state index contributed by atoms with van der Waals surface area (Å²) in [6, 6.07) is 6.66. The molecule has 3 heteroatoms. The van der Waals surface area contributed by atoms with Gasteiger partial charge < -0.3 is 10.0 Å². The molecule has 0 heterocycles. The van der Waals surface area contributed by atoms with Gasteiger partial charge in [-0.25, -0.2) is 0 Å². The van der Waals surface area contributed by atoms with Gasteiger partial charge in [0.15, 0.2) is 0 Å². The second kappa shape index (κ2) is 4.13. The van der Waals surface area contributed by atoms with Crippen molar-refractivity contribution < 1.29 is 9.90 Å². The third kappa shape index (κ3) is 2.25. The Labute approximate surface area is 84.0 Å². The van der Waals surface area contributed by atoms with Crippen molar-refractivity contribution in [1.29, 1.82) is 0 Å². The molecule has 3 nitrogen and oxygen atoms in total. The highest BCUT2D eigenvalue weighted by atomic mass is 16.3. The zero-order valence-corrected chi connectivity index (χ0v) is 8.69. The summed E-state index contributed by atoms with van der Waals surface area (Å²) in [5.74, 6) is 0.170. The van der Waals surface area contributed by atoms with Crippen molar-refractivity contribution in [3.63, 3.8) is 0 Å². The highest BCUT2D eigenvalue weighted by Gasteiger charge is 2.14. The van der Waals surface area contributed by atoms with Crippen molar-refractivity contribution in [2.24, 2.45) is 5.92 Å². The van der Waals surface area contributed by atoms with Crippen LogP contribution in [0.1, 0.15) is 13.8 Å². The van der Waals surface area contributed by atoms with E-state index in [4.69, 9.17) is 0 Å². The van der Waals surface area contributed by atoms with Crippen molar-refractivity contribution in [3.05, 3.63) is 24.3 Å². The van der Waals surface area contributed by atoms with Crippen LogP contribution >= 0.6 is 0 Å². The molecule has 1 rings (SSSR count). The molecule has 0 bridgehead atoms. The minimum absolute atomic E-state index is 0.0376. The summed E-state index contributed by atoms with van der Waals surface area (Å²) >= 11 is 0. The van der Waals surface area contributed by atoms with Crippen LogP contribution in [0.3, 0.4) is 0 Å². The molecule has 0 aliphatic rings. The van der Waals surface area contributed by atoms with Gasteiger partial charge in [0.05, 0.1) is 0 Å². The summed E-state index contributed by atoms with van der Waals surface area (Å²) in [5.41, 5.74) is 0.712. The predicted octanol–water partition coefficient (Wildman–Crippen LogP) is 2.01. The molecule has 0 spiro atoms. The van der Waals surface area contributed by atoms with Gasteiger partial charge in [-0.3, -0.25) is 4.79 Å². The maximum Gasteiger partial charge on any atom is 0.229 e. The molecule has 14 heavy (non-hydrogen) atoms. The molecule has 0 aromatic heterocycles. The summed E-state index contributed by atoms with van der Waals surface area (Å²) in [6.45, 7) is 3.70. The van der Waals surface area contributed by atoms with E-state index in [0.717, 1.165) is 0 Å². The van der Waals surface area contributed by atoms with Crippen LogP contribution in [-0.2, 0) is 4.79 Å². The van der Waals surface area contributed by atoms with E-state index >= 15 is 0 Å². The first-order valence-corrected chi connectivity index (χ1v) is 4.59. The fraction of sp³-hybridized carbons (Fsp3) is 0.364. The number of phenolic OH excluding ortho intramolecular Hbond substituents is 1. The van der Waals surface area contributed by atoms with Crippen LogP contribution in [0, 0.1) is 5.92 Å². The van der Waals surface area contributed by atoms with Crippen molar-refractivity contribution >= 4 is 11.6 Å². The van der Waals surface area contributed by atoms with E-state index in [1.165, 1.54) is 0 Å². The fourth-order valence-corrected chi connectivity index (χ4v) is 1.22. The molecular weight excluding hydrogens is 178 g/mol. The summed E-state index contributed by atoms with van der Waals surface area (Å²) in [5, 5.41) is 9.24. The van der Waals surface area contributed by atoms with Gasteiger partial charge in [0.2, 0.25) is 5.91 Å². The van der Waals surface area contributed by atoms with Crippen LogP contribution in [0.2, 0.25) is 0 Å². The molecule has 0 atom stereocenters. The Kier molecular flexibility index (Phi) is 3.12. The van der Waals surface area contributed by atoms with Gasteiger partial charge >= 0.3 is 0 Å². The van der Waals surface area contributed by atoms with Crippen LogP contribution in [0.15, 0.2) is 24.3 Å². The molecule has 0 radical (unpaired) electrons. The van der Waals surface area contributed by atoms with Crippen LogP contribution in [0.25, 0.3) is 0 Å². The number of phenols is 1. The number of nitrogens with zero attached hydrogens (tertiary/aromatic N) is 1. The minimum Gasteiger partial charge on any atom is -0.508 e. The molecule has 0 saturated heterocycles. The molecule has 0 unspecified atom stereocenters. The minimum atomic E-state index is -0.0395. The second-order valence-electron chi connectivity index (χ2n) is 3.57. The lowest BCUT2D eigenvalue weighted by Crippen LogP contribution is -2.30. The SMILES string of the molecule is CC(C)C(=O)N(C)c1cccc(O)c1. The number of rotatable bonds is 2. The number of carbonyl (C=O) groups excluding carboxylic acids is 1. The smallest absolute Gasteiger partial charge is 0.229 e. The van der Waals surface area contributed by atoms with E-state index in [2.05, 4.69) is 0 Å². The lowest BCUT2D eigenvalue weighted by atomic mass is 10.2. The summed E-state index contributed by atoms with van der Waals surface area (Å²) in [4.78, 5) is 13.1. The molecule has 76 valence electrons. The van der Waals surface area contributed by atoms with E-state index in [0.29, 0.717) is 5.69 Å². The highest BCUT2D eigenvalue weighted by Crippen LogP contribution is 2.20. The zero-order valence-electron chi connectivity index (χ0n) is 8.69. The highest BCUT2D eigenvalue weighted by molar-refractivity contribution is 5.94. The summed E-state index contributed by atoms with van der Waals surface area (Å²) in [7, 11) is 1.71. The third-order valence-corrected chi connectivity index (χ3v) is 2.04. The second-order valence-corrected chi connectivity index (χ2v) is 3.57. The largest absolute Gasteiger partial charge is 0.508 e. The number of hydrogen-bond acceptors (Lipinski definition) is 2. The molecule has 1 N–H and O–H groups in total. The first kappa shape index (κ1) is 10.6. The topological polar surface area (TPSA) is 40.5 Å². The van der Waals surface area contributed by atoms with Crippen molar-refractivity contribution in [2.45, 2.75) is 13.8 Å². The standard InChI is InChI=1S/C11H15NO2/c1-8(2)11(14)12(3)9-5-4-6-10(13)7-9/h4-8,13H,1-3H3. The Morgan fingerprint density at radius 2 is 2.07 bits per heavy atom. The van der Waals surface area contributed by atoms with E-state index in [1.54, 1.807) is 36.2 Å². The lowest BCUT2D eigenvalue weighted by molar-refractivity contribution is -0.121. The van der Waals surface area contributed by atoms with Crippen LogP contribution < -0.4 is 4.90 Å². The molecule has 0 aliphatic carbocycles. The number of benzene rings is 1. The van der Waals surface area contributed by atoms with Gasteiger partial charge in [-0.1, -0.05) is 19.9 Å². The van der Waals surface area contributed by atoms with Crippen LogP contribution in [-0.4, -0.2) is 18.1 Å². The normalized spacial score (nSPS) is 10.3. The first-order valence-electron chi connectivity index (χ1n) is 4.59. The Morgan fingerprint density at radius 1 is 1.43 bits per heavy atom. The molecular formula is C11H15NO2. The Balaban J connectivity index is 2.89. The third-order valence-electron chi connectivity index (χ3n) is 2.04. The summed E-state index contributed by atoms with van der Waals surface area (Å²) < 4.78 is 0. The average molecular weight is 193 g/mol. The van der Waals surface area contributed by atoms with Gasteiger partial charge in [0, 0.05) is 24.7 Å². The van der Waals surface area contributed by atoms with Gasteiger partial charge in [-0.15, -0.1) is 0 Å². The molecule has 1 amide bonds. The Morgan fingerprint density at radius 3 is 2.57 bits per heavy atom. The number of carbonyl (C=O) groups is 1. The maximum atomic E-state index is 11.6. The number of amides is 1. The van der Waals surface area contributed by atoms with Crippen LogP contribution in [0.4, 0.5) is 5.69 Å². The van der Waals surface area contributed by atoms with E-state index in [1.807, 2.05) is 13.8 Å². The zero-order chi connectivity index (χ0) is 10.7. The predicted molar refractivity (Wildman–Crippen MR) is 56.4 cm³/mol. The quantitative estimate of drug-likeness (QED) is 0.780. The molecule has 0 saturated carbocycles. The van der Waals surface area contributed by atoms with Gasteiger partial charge in [0.1, 0.15) is 5.75 Å². The van der Waals surface area contributed by atoms with Gasteiger partial charge in [-0.2, -0.15) is 0 Å². The fourth-order valence-electron chi connectivity index (χ4n) is 1.22.